The summed E-state index contributed by atoms with van der Waals surface area (Å²) >= 11 is 5.65. The van der Waals surface area contributed by atoms with Crippen molar-refractivity contribution < 1.29 is 14.1 Å². The van der Waals surface area contributed by atoms with Crippen molar-refractivity contribution in [3.05, 3.63) is 69.5 Å². The highest BCUT2D eigenvalue weighted by Gasteiger charge is 2.21. The maximum atomic E-state index is 13.0. The van der Waals surface area contributed by atoms with Crippen molar-refractivity contribution in [1.82, 2.24) is 0 Å². The predicted octanol–water partition coefficient (Wildman–Crippen LogP) is 3.73. The average molecular weight is 309 g/mol. The Morgan fingerprint density at radius 2 is 1.90 bits per heavy atom. The molecule has 0 aliphatic heterocycles. The van der Waals surface area contributed by atoms with Crippen molar-refractivity contribution in [3.8, 4) is 0 Å². The number of amides is 1. The van der Waals surface area contributed by atoms with Crippen LogP contribution < -0.4 is 5.32 Å². The summed E-state index contributed by atoms with van der Waals surface area (Å²) in [5.74, 6) is -1.11. The Morgan fingerprint density at radius 1 is 1.24 bits per heavy atom. The molecule has 0 fully saturated rings. The van der Waals surface area contributed by atoms with Gasteiger partial charge in [0.25, 0.3) is 11.6 Å². The zero-order valence-corrected chi connectivity index (χ0v) is 11.4. The van der Waals surface area contributed by atoms with E-state index in [4.69, 9.17) is 11.6 Å². The van der Waals surface area contributed by atoms with Gasteiger partial charge in [-0.3, -0.25) is 14.9 Å². The largest absolute Gasteiger partial charge is 0.322 e. The van der Waals surface area contributed by atoms with Gasteiger partial charge in [-0.25, -0.2) is 4.39 Å². The Hall–Kier alpha value is -2.47. The second-order valence-electron chi connectivity index (χ2n) is 4.20. The highest BCUT2D eigenvalue weighted by atomic mass is 35.5. The number of rotatable bonds is 4. The van der Waals surface area contributed by atoms with Crippen LogP contribution in [0.4, 0.5) is 15.8 Å². The Bertz CT molecular complexity index is 689. The molecular weight excluding hydrogens is 299 g/mol. The Morgan fingerprint density at radius 3 is 2.48 bits per heavy atom. The van der Waals surface area contributed by atoms with Crippen molar-refractivity contribution in [2.24, 2.45) is 0 Å². The number of nitro groups is 1. The van der Waals surface area contributed by atoms with E-state index < -0.39 is 22.3 Å². The molecule has 7 heteroatoms. The standard InChI is InChI=1S/C14H10ClFN2O3/c15-8-9-1-4-11(5-2-9)17-14(19)12-6-3-10(16)7-13(12)18(20)21/h1-7H,8H2,(H,17,19). The summed E-state index contributed by atoms with van der Waals surface area (Å²) in [7, 11) is 0. The number of alkyl halides is 1. The lowest BCUT2D eigenvalue weighted by Gasteiger charge is -2.06. The summed E-state index contributed by atoms with van der Waals surface area (Å²) in [6.45, 7) is 0. The zero-order chi connectivity index (χ0) is 15.4. The van der Waals surface area contributed by atoms with Crippen LogP contribution in [0.3, 0.4) is 0 Å². The molecule has 0 aliphatic rings. The lowest BCUT2D eigenvalue weighted by Crippen LogP contribution is -2.14. The molecule has 0 unspecified atom stereocenters. The number of halogens is 2. The fourth-order valence-electron chi connectivity index (χ4n) is 1.72. The van der Waals surface area contributed by atoms with Gasteiger partial charge >= 0.3 is 0 Å². The number of benzene rings is 2. The van der Waals surface area contributed by atoms with E-state index in [1.54, 1.807) is 24.3 Å². The summed E-state index contributed by atoms with van der Waals surface area (Å²) in [6, 6.07) is 9.50. The van der Waals surface area contributed by atoms with Gasteiger partial charge in [0, 0.05) is 11.6 Å². The Kier molecular flexibility index (Phi) is 4.49. The van der Waals surface area contributed by atoms with Gasteiger partial charge < -0.3 is 5.32 Å². The van der Waals surface area contributed by atoms with Gasteiger partial charge in [-0.05, 0) is 29.8 Å². The van der Waals surface area contributed by atoms with Gasteiger partial charge in [0.15, 0.2) is 0 Å². The molecule has 108 valence electrons. The number of carbonyl (C=O) groups is 1. The van der Waals surface area contributed by atoms with E-state index in [-0.39, 0.29) is 5.56 Å². The molecule has 0 atom stereocenters. The van der Waals surface area contributed by atoms with Crippen LogP contribution in [0.5, 0.6) is 0 Å². The first-order valence-corrected chi connectivity index (χ1v) is 6.45. The summed E-state index contributed by atoms with van der Waals surface area (Å²) in [5.41, 5.74) is 0.558. The SMILES string of the molecule is O=C(Nc1ccc(CCl)cc1)c1ccc(F)cc1[N+](=O)[O-]. The average Bonchev–Trinajstić information content (AvgIpc) is 2.47. The molecule has 0 heterocycles. The summed E-state index contributed by atoms with van der Waals surface area (Å²) in [5, 5.41) is 13.4. The van der Waals surface area contributed by atoms with Gasteiger partial charge in [0.05, 0.1) is 11.0 Å². The summed E-state index contributed by atoms with van der Waals surface area (Å²) < 4.78 is 13.0. The van der Waals surface area contributed by atoms with Crippen LogP contribution in [-0.4, -0.2) is 10.8 Å². The third-order valence-electron chi connectivity index (χ3n) is 2.77. The number of nitrogens with zero attached hydrogens (tertiary/aromatic N) is 1. The van der Waals surface area contributed by atoms with Crippen LogP contribution in [0.2, 0.25) is 0 Å². The van der Waals surface area contributed by atoms with Gasteiger partial charge in [0.1, 0.15) is 11.4 Å². The number of nitrogens with one attached hydrogen (secondary N) is 1. The number of carbonyl (C=O) groups excluding carboxylic acids is 1. The fourth-order valence-corrected chi connectivity index (χ4v) is 1.90. The smallest absolute Gasteiger partial charge is 0.285 e. The maximum absolute atomic E-state index is 13.0. The van der Waals surface area contributed by atoms with Gasteiger partial charge in [-0.2, -0.15) is 0 Å². The fraction of sp³-hybridized carbons (Fsp3) is 0.0714. The predicted molar refractivity (Wildman–Crippen MR) is 77.0 cm³/mol. The molecule has 2 aromatic carbocycles. The van der Waals surface area contributed by atoms with Crippen molar-refractivity contribution in [2.45, 2.75) is 5.88 Å². The second kappa shape index (κ2) is 6.32. The topological polar surface area (TPSA) is 72.2 Å². The van der Waals surface area contributed by atoms with Crippen molar-refractivity contribution in [1.29, 1.82) is 0 Å². The molecule has 0 aliphatic carbocycles. The minimum Gasteiger partial charge on any atom is -0.322 e. The first kappa shape index (κ1) is 14.9. The summed E-state index contributed by atoms with van der Waals surface area (Å²) in [4.78, 5) is 22.1. The van der Waals surface area contributed by atoms with Crippen LogP contribution in [0.15, 0.2) is 42.5 Å². The molecule has 2 rings (SSSR count). The van der Waals surface area contributed by atoms with Crippen molar-refractivity contribution in [2.75, 3.05) is 5.32 Å². The van der Waals surface area contributed by atoms with E-state index in [0.717, 1.165) is 17.7 Å². The van der Waals surface area contributed by atoms with Crippen molar-refractivity contribution in [3.63, 3.8) is 0 Å². The normalized spacial score (nSPS) is 10.2. The number of anilines is 1. The van der Waals surface area contributed by atoms with Crippen LogP contribution in [0.25, 0.3) is 0 Å². The van der Waals surface area contributed by atoms with Crippen LogP contribution >= 0.6 is 11.6 Å². The first-order chi connectivity index (χ1) is 10.0. The van der Waals surface area contributed by atoms with E-state index >= 15 is 0 Å². The number of nitro benzene ring substituents is 1. The van der Waals surface area contributed by atoms with Gasteiger partial charge in [0.2, 0.25) is 0 Å². The molecule has 1 amide bonds. The molecule has 2 aromatic rings. The maximum Gasteiger partial charge on any atom is 0.285 e. The molecule has 21 heavy (non-hydrogen) atoms. The third kappa shape index (κ3) is 3.55. The monoisotopic (exact) mass is 308 g/mol. The number of hydrogen-bond acceptors (Lipinski definition) is 3. The second-order valence-corrected chi connectivity index (χ2v) is 4.47. The molecule has 1 N–H and O–H groups in total. The quantitative estimate of drug-likeness (QED) is 0.531. The Balaban J connectivity index is 2.25. The molecule has 0 saturated heterocycles. The minimum atomic E-state index is -0.797. The van der Waals surface area contributed by atoms with E-state index in [0.29, 0.717) is 17.6 Å². The van der Waals surface area contributed by atoms with E-state index in [1.165, 1.54) is 0 Å². The zero-order valence-electron chi connectivity index (χ0n) is 10.7. The third-order valence-corrected chi connectivity index (χ3v) is 3.08. The molecule has 5 nitrogen and oxygen atoms in total. The molecule has 0 aromatic heterocycles. The molecule has 0 bridgehead atoms. The lowest BCUT2D eigenvalue weighted by molar-refractivity contribution is -0.385. The van der Waals surface area contributed by atoms with E-state index in [2.05, 4.69) is 5.32 Å². The van der Waals surface area contributed by atoms with E-state index in [1.807, 2.05) is 0 Å². The van der Waals surface area contributed by atoms with Crippen LogP contribution in [0, 0.1) is 15.9 Å². The highest BCUT2D eigenvalue weighted by molar-refractivity contribution is 6.17. The Labute approximate surface area is 124 Å². The van der Waals surface area contributed by atoms with Gasteiger partial charge in [-0.1, -0.05) is 12.1 Å². The minimum absolute atomic E-state index is 0.206. The van der Waals surface area contributed by atoms with Crippen molar-refractivity contribution >= 4 is 28.9 Å². The van der Waals surface area contributed by atoms with E-state index in [9.17, 15) is 19.3 Å². The number of hydrogen-bond donors (Lipinski definition) is 1. The molecular formula is C14H10ClFN2O3. The van der Waals surface area contributed by atoms with Gasteiger partial charge in [-0.15, -0.1) is 11.6 Å². The first-order valence-electron chi connectivity index (χ1n) is 5.91. The van der Waals surface area contributed by atoms with Crippen LogP contribution in [-0.2, 0) is 5.88 Å². The molecule has 0 spiro atoms. The highest BCUT2D eigenvalue weighted by Crippen LogP contribution is 2.21. The molecule has 0 saturated carbocycles. The van der Waals surface area contributed by atoms with Crippen LogP contribution in [0.1, 0.15) is 15.9 Å². The molecule has 0 radical (unpaired) electrons. The summed E-state index contributed by atoms with van der Waals surface area (Å²) in [6.07, 6.45) is 0. The lowest BCUT2D eigenvalue weighted by atomic mass is 10.1.